The SMILES string of the molecule is CCC1(N)COc2c1cc(C(C)(O)CCC(=O)c1ccc(CC[C@@H](C)O)c(OC)c1)nc2-c1ccc(F)cc1. The van der Waals surface area contributed by atoms with Gasteiger partial charge in [-0.2, -0.15) is 0 Å². The molecule has 3 atom stereocenters. The number of ether oxygens (including phenoxy) is 2. The summed E-state index contributed by atoms with van der Waals surface area (Å²) in [6.45, 7) is 5.60. The lowest BCUT2D eigenvalue weighted by atomic mass is 9.86. The highest BCUT2D eigenvalue weighted by Gasteiger charge is 2.40. The maximum absolute atomic E-state index is 13.6. The van der Waals surface area contributed by atoms with Crippen LogP contribution in [0.25, 0.3) is 11.3 Å². The van der Waals surface area contributed by atoms with E-state index in [0.29, 0.717) is 53.3 Å². The highest BCUT2D eigenvalue weighted by Crippen LogP contribution is 2.45. The van der Waals surface area contributed by atoms with E-state index in [-0.39, 0.29) is 31.0 Å². The third-order valence-corrected chi connectivity index (χ3v) is 7.56. The number of aliphatic hydroxyl groups is 2. The highest BCUT2D eigenvalue weighted by molar-refractivity contribution is 5.96. The van der Waals surface area contributed by atoms with E-state index in [1.54, 1.807) is 51.3 Å². The molecule has 2 unspecified atom stereocenters. The molecule has 0 fully saturated rings. The number of Topliss-reactive ketones (excluding diaryl/α,β-unsaturated/α-hetero) is 1. The van der Waals surface area contributed by atoms with Gasteiger partial charge in [-0.15, -0.1) is 0 Å². The van der Waals surface area contributed by atoms with Gasteiger partial charge in [0.1, 0.15) is 29.5 Å². The minimum atomic E-state index is -1.45. The van der Waals surface area contributed by atoms with Gasteiger partial charge in [-0.1, -0.05) is 19.1 Å². The first-order valence-corrected chi connectivity index (χ1v) is 13.3. The topological polar surface area (TPSA) is 115 Å². The first kappa shape index (κ1) is 28.7. The number of aliphatic hydroxyl groups excluding tert-OH is 1. The van der Waals surface area contributed by atoms with Crippen molar-refractivity contribution in [1.82, 2.24) is 4.98 Å². The summed E-state index contributed by atoms with van der Waals surface area (Å²) >= 11 is 0. The number of halogens is 1. The van der Waals surface area contributed by atoms with Crippen LogP contribution in [0.2, 0.25) is 0 Å². The van der Waals surface area contributed by atoms with Crippen LogP contribution in [0.15, 0.2) is 48.5 Å². The zero-order valence-electron chi connectivity index (χ0n) is 23.0. The molecule has 39 heavy (non-hydrogen) atoms. The number of ketones is 1. The van der Waals surface area contributed by atoms with Crippen LogP contribution >= 0.6 is 0 Å². The second-order valence-corrected chi connectivity index (χ2v) is 10.6. The number of carbonyl (C=O) groups excluding carboxylic acids is 1. The van der Waals surface area contributed by atoms with Crippen molar-refractivity contribution in [2.75, 3.05) is 13.7 Å². The van der Waals surface area contributed by atoms with Crippen molar-refractivity contribution in [3.8, 4) is 22.8 Å². The average molecular weight is 537 g/mol. The van der Waals surface area contributed by atoms with Gasteiger partial charge in [0.25, 0.3) is 0 Å². The van der Waals surface area contributed by atoms with E-state index >= 15 is 0 Å². The second kappa shape index (κ2) is 11.4. The fraction of sp³-hybridized carbons (Fsp3) is 0.419. The fourth-order valence-electron chi connectivity index (χ4n) is 4.82. The number of methoxy groups -OCH3 is 1. The van der Waals surface area contributed by atoms with Crippen molar-refractivity contribution >= 4 is 5.78 Å². The summed E-state index contributed by atoms with van der Waals surface area (Å²) in [6, 6.07) is 13.0. The predicted octanol–water partition coefficient (Wildman–Crippen LogP) is 5.04. The average Bonchev–Trinajstić information content (AvgIpc) is 3.27. The van der Waals surface area contributed by atoms with E-state index in [2.05, 4.69) is 0 Å². The van der Waals surface area contributed by atoms with Gasteiger partial charge in [-0.05, 0) is 81.5 Å². The Bertz CT molecular complexity index is 1340. The summed E-state index contributed by atoms with van der Waals surface area (Å²) in [5.41, 5.74) is 8.09. The first-order valence-electron chi connectivity index (χ1n) is 13.3. The molecule has 2 heterocycles. The lowest BCUT2D eigenvalue weighted by Crippen LogP contribution is -2.37. The zero-order valence-corrected chi connectivity index (χ0v) is 23.0. The number of nitrogens with two attached hydrogens (primary N) is 1. The van der Waals surface area contributed by atoms with Gasteiger partial charge in [0, 0.05) is 23.1 Å². The van der Waals surface area contributed by atoms with Crippen LogP contribution in [0.1, 0.15) is 73.6 Å². The second-order valence-electron chi connectivity index (χ2n) is 10.6. The van der Waals surface area contributed by atoms with Gasteiger partial charge >= 0.3 is 0 Å². The number of benzene rings is 2. The quantitative estimate of drug-likeness (QED) is 0.294. The molecule has 208 valence electrons. The Morgan fingerprint density at radius 2 is 1.97 bits per heavy atom. The Labute approximate surface area is 228 Å². The molecule has 0 aliphatic carbocycles. The van der Waals surface area contributed by atoms with Crippen LogP contribution in [0.5, 0.6) is 11.5 Å². The lowest BCUT2D eigenvalue weighted by molar-refractivity contribution is 0.0396. The summed E-state index contributed by atoms with van der Waals surface area (Å²) in [5.74, 6) is 0.619. The number of hydrogen-bond acceptors (Lipinski definition) is 7. The van der Waals surface area contributed by atoms with E-state index in [4.69, 9.17) is 20.2 Å². The first-order chi connectivity index (χ1) is 18.5. The smallest absolute Gasteiger partial charge is 0.163 e. The number of aryl methyl sites for hydroxylation is 1. The Kier molecular flexibility index (Phi) is 8.39. The molecule has 0 radical (unpaired) electrons. The summed E-state index contributed by atoms with van der Waals surface area (Å²) in [7, 11) is 1.55. The van der Waals surface area contributed by atoms with Gasteiger partial charge in [0.05, 0.1) is 24.4 Å². The van der Waals surface area contributed by atoms with Gasteiger partial charge in [0.2, 0.25) is 0 Å². The van der Waals surface area contributed by atoms with Gasteiger partial charge < -0.3 is 25.4 Å². The summed E-state index contributed by atoms with van der Waals surface area (Å²) in [6.07, 6.45) is 1.61. The molecule has 0 saturated carbocycles. The summed E-state index contributed by atoms with van der Waals surface area (Å²) in [5, 5.41) is 21.1. The molecule has 0 amide bonds. The molecule has 1 aromatic heterocycles. The Balaban J connectivity index is 1.60. The van der Waals surface area contributed by atoms with Crippen molar-refractivity contribution in [3.05, 3.63) is 76.7 Å². The van der Waals surface area contributed by atoms with Crippen molar-refractivity contribution in [2.45, 2.75) is 70.1 Å². The Hall–Kier alpha value is -3.33. The zero-order chi connectivity index (χ0) is 28.4. The van der Waals surface area contributed by atoms with E-state index in [9.17, 15) is 19.4 Å². The van der Waals surface area contributed by atoms with Crippen LogP contribution in [0.4, 0.5) is 4.39 Å². The van der Waals surface area contributed by atoms with E-state index in [0.717, 1.165) is 11.1 Å². The minimum Gasteiger partial charge on any atom is -0.496 e. The number of nitrogens with zero attached hydrogens (tertiary/aromatic N) is 1. The summed E-state index contributed by atoms with van der Waals surface area (Å²) < 4.78 is 25.1. The third kappa shape index (κ3) is 6.13. The predicted molar refractivity (Wildman–Crippen MR) is 147 cm³/mol. The van der Waals surface area contributed by atoms with Gasteiger partial charge in [-0.3, -0.25) is 4.79 Å². The van der Waals surface area contributed by atoms with Gasteiger partial charge in [0.15, 0.2) is 11.5 Å². The molecule has 1 aliphatic rings. The van der Waals surface area contributed by atoms with Crippen LogP contribution in [-0.4, -0.2) is 40.8 Å². The molecule has 8 heteroatoms. The molecule has 0 bridgehead atoms. The molecule has 0 saturated heterocycles. The maximum atomic E-state index is 13.6. The monoisotopic (exact) mass is 536 g/mol. The summed E-state index contributed by atoms with van der Waals surface area (Å²) in [4.78, 5) is 17.9. The number of pyridine rings is 1. The van der Waals surface area contributed by atoms with Crippen molar-refractivity contribution in [3.63, 3.8) is 0 Å². The number of hydrogen-bond donors (Lipinski definition) is 3. The highest BCUT2D eigenvalue weighted by atomic mass is 19.1. The van der Waals surface area contributed by atoms with Crippen LogP contribution in [-0.2, 0) is 17.6 Å². The number of fused-ring (bicyclic) bond motifs is 1. The molecule has 7 nitrogen and oxygen atoms in total. The molecule has 2 aromatic carbocycles. The van der Waals surface area contributed by atoms with Crippen molar-refractivity contribution < 1.29 is 28.9 Å². The van der Waals surface area contributed by atoms with E-state index in [1.807, 2.05) is 13.0 Å². The lowest BCUT2D eigenvalue weighted by Gasteiger charge is -2.26. The standard InChI is InChI=1S/C31H37FN2O5/c1-5-31(33)18-39-29-24(31)17-27(34-28(29)21-10-12-23(32)13-11-21)30(3,37)15-14-25(36)22-9-8-20(7-6-19(2)35)26(16-22)38-4/h8-13,16-17,19,35,37H,5-7,14-15,18,33H2,1-4H3/t19-,30?,31?/m1/s1. The van der Waals surface area contributed by atoms with E-state index < -0.39 is 17.2 Å². The van der Waals surface area contributed by atoms with Crippen LogP contribution in [0.3, 0.4) is 0 Å². The van der Waals surface area contributed by atoms with Crippen LogP contribution in [0, 0.1) is 5.82 Å². The largest absolute Gasteiger partial charge is 0.496 e. The molecule has 4 rings (SSSR count). The Morgan fingerprint density at radius 3 is 2.62 bits per heavy atom. The van der Waals surface area contributed by atoms with Gasteiger partial charge in [-0.25, -0.2) is 9.37 Å². The molecule has 3 aromatic rings. The molecular formula is C31H37FN2O5. The van der Waals surface area contributed by atoms with Crippen LogP contribution < -0.4 is 15.2 Å². The number of aromatic nitrogens is 1. The van der Waals surface area contributed by atoms with Crippen molar-refractivity contribution in [2.24, 2.45) is 5.73 Å². The maximum Gasteiger partial charge on any atom is 0.163 e. The Morgan fingerprint density at radius 1 is 1.26 bits per heavy atom. The number of carbonyl (C=O) groups is 1. The minimum absolute atomic E-state index is 0.0753. The molecule has 4 N–H and O–H groups in total. The van der Waals surface area contributed by atoms with E-state index in [1.165, 1.54) is 12.1 Å². The fourth-order valence-corrected chi connectivity index (χ4v) is 4.82. The number of rotatable bonds is 11. The van der Waals surface area contributed by atoms with Crippen molar-refractivity contribution in [1.29, 1.82) is 0 Å². The molecular weight excluding hydrogens is 499 g/mol. The molecule has 0 spiro atoms. The third-order valence-electron chi connectivity index (χ3n) is 7.56. The normalized spacial score (nSPS) is 18.7. The molecule has 1 aliphatic heterocycles.